The Balaban J connectivity index is 5.90. The highest BCUT2D eigenvalue weighted by molar-refractivity contribution is 4.97. The molecule has 0 aromatic carbocycles. The van der Waals surface area contributed by atoms with E-state index in [9.17, 15) is 0 Å². The fourth-order valence-electron chi connectivity index (χ4n) is 5.35. The van der Waals surface area contributed by atoms with Gasteiger partial charge < -0.3 is 0 Å². The lowest BCUT2D eigenvalue weighted by Gasteiger charge is -2.54. The minimum atomic E-state index is 0.340. The highest BCUT2D eigenvalue weighted by atomic mass is 14.5. The van der Waals surface area contributed by atoms with Crippen molar-refractivity contribution in [2.75, 3.05) is 0 Å². The predicted octanol–water partition coefficient (Wildman–Crippen LogP) is 8.46. The van der Waals surface area contributed by atoms with Crippen LogP contribution in [0, 0.1) is 45.8 Å². The molecule has 0 aromatic heterocycles. The molecular formula is C24H50. The molecule has 0 aliphatic carbocycles. The standard InChI is InChI=1S/C24H50/c1-14-16-18(5)24(12,13)19(6)20(15-2)21(22(7,8)9)23(10,11)17(3)4/h17-21H,14-16H2,1-13H3. The summed E-state index contributed by atoms with van der Waals surface area (Å²) in [5, 5.41) is 0. The summed E-state index contributed by atoms with van der Waals surface area (Å²) in [6.07, 6.45) is 3.94. The van der Waals surface area contributed by atoms with Crippen LogP contribution >= 0.6 is 0 Å². The smallest absolute Gasteiger partial charge is 0.0280 e. The van der Waals surface area contributed by atoms with Gasteiger partial charge in [-0.05, 0) is 45.8 Å². The largest absolute Gasteiger partial charge is 0.0654 e. The van der Waals surface area contributed by atoms with Crippen molar-refractivity contribution in [3.8, 4) is 0 Å². The maximum absolute atomic E-state index is 2.55. The Bertz CT molecular complexity index is 353. The van der Waals surface area contributed by atoms with Gasteiger partial charge in [0.25, 0.3) is 0 Å². The molecule has 0 bridgehead atoms. The Morgan fingerprint density at radius 3 is 1.46 bits per heavy atom. The van der Waals surface area contributed by atoms with Gasteiger partial charge in [0.2, 0.25) is 0 Å². The van der Waals surface area contributed by atoms with Crippen LogP contribution in [0.5, 0.6) is 0 Å². The van der Waals surface area contributed by atoms with Gasteiger partial charge in [0, 0.05) is 0 Å². The Morgan fingerprint density at radius 1 is 0.708 bits per heavy atom. The second kappa shape index (κ2) is 8.59. The van der Waals surface area contributed by atoms with Crippen LogP contribution in [-0.2, 0) is 0 Å². The second-order valence-corrected chi connectivity index (χ2v) is 11.2. The lowest BCUT2D eigenvalue weighted by atomic mass is 9.51. The van der Waals surface area contributed by atoms with Gasteiger partial charge in [-0.2, -0.15) is 0 Å². The molecule has 0 amide bonds. The van der Waals surface area contributed by atoms with Crippen LogP contribution in [0.25, 0.3) is 0 Å². The first-order valence-electron chi connectivity index (χ1n) is 10.7. The summed E-state index contributed by atoms with van der Waals surface area (Å²) in [6, 6.07) is 0. The third-order valence-corrected chi connectivity index (χ3v) is 7.93. The van der Waals surface area contributed by atoms with Crippen LogP contribution in [0.15, 0.2) is 0 Å². The molecular weight excluding hydrogens is 288 g/mol. The van der Waals surface area contributed by atoms with Gasteiger partial charge in [0.05, 0.1) is 0 Å². The highest BCUT2D eigenvalue weighted by Gasteiger charge is 2.48. The molecule has 24 heavy (non-hydrogen) atoms. The SMILES string of the molecule is CCCC(C)C(C)(C)C(C)C(CC)C(C(C)(C)C)C(C)(C)C(C)C. The highest BCUT2D eigenvalue weighted by Crippen LogP contribution is 2.55. The van der Waals surface area contributed by atoms with Crippen molar-refractivity contribution in [1.82, 2.24) is 0 Å². The van der Waals surface area contributed by atoms with Crippen molar-refractivity contribution in [3.05, 3.63) is 0 Å². The summed E-state index contributed by atoms with van der Waals surface area (Å²) in [5.74, 6) is 3.74. The predicted molar refractivity (Wildman–Crippen MR) is 112 cm³/mol. The molecule has 0 N–H and O–H groups in total. The van der Waals surface area contributed by atoms with Crippen LogP contribution in [0.4, 0.5) is 0 Å². The van der Waals surface area contributed by atoms with E-state index in [4.69, 9.17) is 0 Å². The van der Waals surface area contributed by atoms with Crippen molar-refractivity contribution in [3.63, 3.8) is 0 Å². The molecule has 4 unspecified atom stereocenters. The average Bonchev–Trinajstić information content (AvgIpc) is 2.41. The van der Waals surface area contributed by atoms with Gasteiger partial charge in [-0.25, -0.2) is 0 Å². The molecule has 0 aliphatic heterocycles. The Labute approximate surface area is 155 Å². The van der Waals surface area contributed by atoms with E-state index in [0.717, 1.165) is 23.7 Å². The molecule has 4 atom stereocenters. The molecule has 0 aliphatic rings. The van der Waals surface area contributed by atoms with Gasteiger partial charge >= 0.3 is 0 Å². The second-order valence-electron chi connectivity index (χ2n) is 11.2. The van der Waals surface area contributed by atoms with E-state index in [1.165, 1.54) is 19.3 Å². The van der Waals surface area contributed by atoms with Crippen molar-refractivity contribution in [1.29, 1.82) is 0 Å². The van der Waals surface area contributed by atoms with E-state index < -0.39 is 0 Å². The van der Waals surface area contributed by atoms with Crippen LogP contribution in [-0.4, -0.2) is 0 Å². The Hall–Kier alpha value is 0. The molecule has 0 rings (SSSR count). The topological polar surface area (TPSA) is 0 Å². The first-order valence-corrected chi connectivity index (χ1v) is 10.7. The zero-order chi connectivity index (χ0) is 19.5. The monoisotopic (exact) mass is 338 g/mol. The van der Waals surface area contributed by atoms with Gasteiger partial charge in [-0.15, -0.1) is 0 Å². The van der Waals surface area contributed by atoms with Crippen LogP contribution in [0.1, 0.15) is 109 Å². The first-order chi connectivity index (χ1) is 10.7. The van der Waals surface area contributed by atoms with Crippen LogP contribution in [0.3, 0.4) is 0 Å². The Kier molecular flexibility index (Phi) is 8.59. The molecule has 0 spiro atoms. The molecule has 146 valence electrons. The summed E-state index contributed by atoms with van der Waals surface area (Å²) in [7, 11) is 0. The van der Waals surface area contributed by atoms with E-state index in [2.05, 4.69) is 90.0 Å². The lowest BCUT2D eigenvalue weighted by Crippen LogP contribution is -2.48. The first kappa shape index (κ1) is 24.0. The summed E-state index contributed by atoms with van der Waals surface area (Å²) < 4.78 is 0. The van der Waals surface area contributed by atoms with E-state index in [1.807, 2.05) is 0 Å². The van der Waals surface area contributed by atoms with Gasteiger partial charge in [0.15, 0.2) is 0 Å². The normalized spacial score (nSPS) is 19.2. The fourth-order valence-corrected chi connectivity index (χ4v) is 5.35. The number of hydrogen-bond donors (Lipinski definition) is 0. The summed E-state index contributed by atoms with van der Waals surface area (Å²) in [5.41, 5.74) is 1.09. The van der Waals surface area contributed by atoms with Crippen LogP contribution in [0.2, 0.25) is 0 Å². The van der Waals surface area contributed by atoms with Crippen LogP contribution < -0.4 is 0 Å². The molecule has 0 saturated carbocycles. The molecule has 0 saturated heterocycles. The van der Waals surface area contributed by atoms with Gasteiger partial charge in [-0.3, -0.25) is 0 Å². The fraction of sp³-hybridized carbons (Fsp3) is 1.00. The molecule has 0 nitrogen and oxygen atoms in total. The van der Waals surface area contributed by atoms with Crippen molar-refractivity contribution >= 4 is 0 Å². The van der Waals surface area contributed by atoms with Gasteiger partial charge in [0.1, 0.15) is 0 Å². The van der Waals surface area contributed by atoms with E-state index >= 15 is 0 Å². The Morgan fingerprint density at radius 2 is 1.17 bits per heavy atom. The van der Waals surface area contributed by atoms with Gasteiger partial charge in [-0.1, -0.05) is 109 Å². The third-order valence-electron chi connectivity index (χ3n) is 7.93. The molecule has 0 aromatic rings. The minimum Gasteiger partial charge on any atom is -0.0654 e. The maximum atomic E-state index is 2.55. The van der Waals surface area contributed by atoms with Crippen molar-refractivity contribution in [2.24, 2.45) is 45.8 Å². The summed E-state index contributed by atoms with van der Waals surface area (Å²) in [6.45, 7) is 32.1. The third kappa shape index (κ3) is 5.25. The molecule has 0 radical (unpaired) electrons. The van der Waals surface area contributed by atoms with Crippen molar-refractivity contribution < 1.29 is 0 Å². The number of hydrogen-bond acceptors (Lipinski definition) is 0. The van der Waals surface area contributed by atoms with E-state index in [0.29, 0.717) is 22.2 Å². The van der Waals surface area contributed by atoms with Crippen molar-refractivity contribution in [2.45, 2.75) is 109 Å². The zero-order valence-electron chi connectivity index (χ0n) is 19.5. The minimum absolute atomic E-state index is 0.340. The summed E-state index contributed by atoms with van der Waals surface area (Å²) in [4.78, 5) is 0. The van der Waals surface area contributed by atoms with E-state index in [-0.39, 0.29) is 0 Å². The number of rotatable bonds is 9. The molecule has 0 heterocycles. The summed E-state index contributed by atoms with van der Waals surface area (Å²) >= 11 is 0. The molecule has 0 fully saturated rings. The van der Waals surface area contributed by atoms with E-state index in [1.54, 1.807) is 0 Å². The quantitative estimate of drug-likeness (QED) is 0.395. The average molecular weight is 339 g/mol. The molecule has 0 heteroatoms. The zero-order valence-corrected chi connectivity index (χ0v) is 19.5. The maximum Gasteiger partial charge on any atom is -0.0280 e. The lowest BCUT2D eigenvalue weighted by molar-refractivity contribution is -0.0559.